The summed E-state index contributed by atoms with van der Waals surface area (Å²) in [7, 11) is 1.37. The summed E-state index contributed by atoms with van der Waals surface area (Å²) < 4.78 is 21.1. The average molecular weight is 1080 g/mol. The Hall–Kier alpha value is -9.64. The minimum atomic E-state index is -3.64. The Morgan fingerprint density at radius 1 is 0.306 bits per heavy atom. The minimum Gasteiger partial charge on any atom is -0.468 e. The van der Waals surface area contributed by atoms with Crippen molar-refractivity contribution in [1.29, 1.82) is 0 Å². The van der Waals surface area contributed by atoms with Crippen LogP contribution in [0.1, 0.15) is 45.2 Å². The van der Waals surface area contributed by atoms with E-state index in [-0.39, 0.29) is 17.8 Å². The highest BCUT2D eigenvalue weighted by Crippen LogP contribution is 3.01. The Bertz CT molecular complexity index is 7890. The lowest BCUT2D eigenvalue weighted by Crippen LogP contribution is -2.45. The van der Waals surface area contributed by atoms with Crippen molar-refractivity contribution in [2.24, 2.45) is 5.41 Å². The van der Waals surface area contributed by atoms with Crippen molar-refractivity contribution in [3.05, 3.63) is 94.0 Å². The minimum absolute atomic E-state index is 0.278. The van der Waals surface area contributed by atoms with Gasteiger partial charge >= 0.3 is 11.9 Å². The maximum atomic E-state index is 18.0. The lowest BCUT2D eigenvalue weighted by atomic mass is 9.60. The normalized spacial score (nSPS) is 24.2. The lowest BCUT2D eigenvalue weighted by molar-refractivity contribution is -0.147. The van der Waals surface area contributed by atoms with Crippen LogP contribution in [0, 0.1) is 5.41 Å². The van der Waals surface area contributed by atoms with Crippen molar-refractivity contribution in [2.75, 3.05) is 21.3 Å². The van der Waals surface area contributed by atoms with Gasteiger partial charge in [0.05, 0.1) is 26.6 Å². The van der Waals surface area contributed by atoms with E-state index < -0.39 is 29.3 Å². The predicted molar refractivity (Wildman–Crippen MR) is 348 cm³/mol. The van der Waals surface area contributed by atoms with Crippen LogP contribution in [-0.4, -0.2) is 38.6 Å². The number of ether oxygens (including phenoxy) is 2. The van der Waals surface area contributed by atoms with E-state index in [4.69, 9.17) is 14.0 Å². The van der Waals surface area contributed by atoms with Gasteiger partial charge in [-0.05, 0) is 303 Å². The second kappa shape index (κ2) is 8.55. The third-order valence-corrected chi connectivity index (χ3v) is 32.8. The fourth-order valence-corrected chi connectivity index (χ4v) is 32.7. The van der Waals surface area contributed by atoms with E-state index in [0.29, 0.717) is 5.29 Å². The van der Waals surface area contributed by atoms with E-state index in [1.165, 1.54) is 238 Å². The highest BCUT2D eigenvalue weighted by molar-refractivity contribution is 7.87. The number of hydrogen-bond acceptors (Lipinski definition) is 5. The zero-order chi connectivity index (χ0) is 52.6. The van der Waals surface area contributed by atoms with Crippen molar-refractivity contribution in [1.82, 2.24) is 0 Å². The molecule has 85 heavy (non-hydrogen) atoms. The van der Waals surface area contributed by atoms with E-state index in [1.807, 2.05) is 7.11 Å². The van der Waals surface area contributed by atoms with Crippen molar-refractivity contribution >= 4 is 304 Å². The van der Waals surface area contributed by atoms with Crippen LogP contribution in [0.5, 0.6) is 0 Å². The van der Waals surface area contributed by atoms with Gasteiger partial charge in [-0.15, -0.1) is 0 Å². The first-order valence-corrected chi connectivity index (χ1v) is 32.4. The molecule has 28 aromatic carbocycles. The van der Waals surface area contributed by atoms with Gasteiger partial charge in [-0.1, -0.05) is 60.7 Å². The summed E-state index contributed by atoms with van der Waals surface area (Å²) in [6, 6.07) is 21.1. The van der Waals surface area contributed by atoms with Crippen molar-refractivity contribution in [3.8, 4) is 0 Å². The third kappa shape index (κ3) is 2.04. The number of carbonyl (C=O) groups excluding carboxylic acids is 2. The zero-order valence-corrected chi connectivity index (χ0v) is 45.3. The van der Waals surface area contributed by atoms with Crippen molar-refractivity contribution in [2.45, 2.75) is 22.7 Å². The zero-order valence-electron chi connectivity index (χ0n) is 44.4. The molecule has 0 aromatic heterocycles. The number of rotatable bonds is 6. The first kappa shape index (κ1) is 35.5. The Balaban J connectivity index is 1.03. The fraction of sp³-hybridized carbons (Fsp3) is 0.101. The van der Waals surface area contributed by atoms with E-state index in [9.17, 15) is 0 Å². The molecule has 0 saturated heterocycles. The average Bonchev–Trinajstić information content (AvgIpc) is 1.35. The van der Waals surface area contributed by atoms with Gasteiger partial charge in [0.1, 0.15) is 5.41 Å². The van der Waals surface area contributed by atoms with Gasteiger partial charge in [0.25, 0.3) is 0 Å². The standard InChI is InChI=1S/C79H21O5P/c1-82-75(80)74(85(84-3,14-10-6-4-7-11-14)15-12-8-5-9-13-15)79(76(81)83-2)77-70-62-54-44-34-26-18-16-17-20-24-22(18)30-38-32(24)42-36-28(20)29-21(17)25-23-19(16)27(26)35-41-31(23)39-33(25)43-37(29)47-46(36)56-50(42)60-52(38)58(48(54)40(30)34)66(70)68(60)72-64(56)65-57(47)51(43)61-53(39)59-49(41)55(45(35)44)63(62)71(77)67(59)69(61)73(65)78(72,77)79/h4-13,70,73H,1-3H3. The summed E-state index contributed by atoms with van der Waals surface area (Å²) in [6.45, 7) is 0. The summed E-state index contributed by atoms with van der Waals surface area (Å²) >= 11 is 0. The molecule has 35 rings (SSSR count). The van der Waals surface area contributed by atoms with Crippen molar-refractivity contribution in [3.63, 3.8) is 0 Å². The summed E-state index contributed by atoms with van der Waals surface area (Å²) in [4.78, 5) is 35.1. The Morgan fingerprint density at radius 3 is 0.753 bits per heavy atom. The van der Waals surface area contributed by atoms with Gasteiger partial charge in [-0.25, -0.2) is 4.79 Å². The lowest BCUT2D eigenvalue weighted by Gasteiger charge is -2.40. The van der Waals surface area contributed by atoms with E-state index in [0.717, 1.165) is 10.6 Å². The van der Waals surface area contributed by atoms with Crippen LogP contribution in [0.15, 0.2) is 60.7 Å². The molecule has 372 valence electrons. The smallest absolute Gasteiger partial charge is 0.337 e. The second-order valence-electron chi connectivity index (χ2n) is 29.2. The number of esters is 2. The van der Waals surface area contributed by atoms with Crippen LogP contribution >= 0.6 is 7.11 Å². The molecule has 1 saturated carbocycles. The van der Waals surface area contributed by atoms with Gasteiger partial charge in [-0.3, -0.25) is 4.79 Å². The monoisotopic (exact) mass is 1080 g/mol. The number of benzene rings is 18. The maximum absolute atomic E-state index is 18.0. The summed E-state index contributed by atoms with van der Waals surface area (Å²) in [5, 5.41) is 77.3. The first-order chi connectivity index (χ1) is 42.1. The molecule has 7 aliphatic rings. The molecule has 0 heterocycles. The molecule has 0 N–H and O–H groups in total. The van der Waals surface area contributed by atoms with Crippen LogP contribution in [0.2, 0.25) is 0 Å². The van der Waals surface area contributed by atoms with Crippen LogP contribution in [0.25, 0.3) is 269 Å². The van der Waals surface area contributed by atoms with Gasteiger partial charge in [0.2, 0.25) is 0 Å². The van der Waals surface area contributed by atoms with Crippen LogP contribution in [-0.2, 0) is 34.4 Å². The third-order valence-electron chi connectivity index (χ3n) is 29.0. The molecular formula is C79H21O5P. The van der Waals surface area contributed by atoms with E-state index in [1.54, 1.807) is 78.9 Å². The molecule has 0 bridgehead atoms. The molecular weight excluding hydrogens is 1060 g/mol. The molecule has 1 fully saturated rings. The fourth-order valence-electron chi connectivity index (χ4n) is 28.9. The van der Waals surface area contributed by atoms with E-state index >= 15 is 9.59 Å². The first-order valence-electron chi connectivity index (χ1n) is 30.7. The number of hydrogen-bond donors (Lipinski definition) is 0. The number of carbonyl (C=O) groups is 2. The maximum Gasteiger partial charge on any atom is 0.337 e. The molecule has 28 aromatic rings. The molecule has 4 atom stereocenters. The topological polar surface area (TPSA) is 61.8 Å². The van der Waals surface area contributed by atoms with Gasteiger partial charge in [-0.2, -0.15) is 0 Å². The van der Waals surface area contributed by atoms with Gasteiger partial charge in [0, 0.05) is 40.4 Å². The van der Waals surface area contributed by atoms with Crippen LogP contribution in [0.3, 0.4) is 0 Å². The summed E-state index contributed by atoms with van der Waals surface area (Å²) in [6.07, 6.45) is 0. The second-order valence-corrected chi connectivity index (χ2v) is 32.2. The quantitative estimate of drug-likeness (QED) is 0.0943. The van der Waals surface area contributed by atoms with Crippen LogP contribution in [0.4, 0.5) is 0 Å². The molecule has 4 unspecified atom stereocenters. The van der Waals surface area contributed by atoms with Crippen molar-refractivity contribution < 1.29 is 23.6 Å². The number of methoxy groups -OCH3 is 2. The molecule has 0 radical (unpaired) electrons. The SMILES string of the molecule is COC(=O)C(C1(C(=O)OC)C23c4c5c6c7c8c9c%10c%11c(c%12c%13c%14c%15c%16c(c4c4c%17c5c7c5c7c8c8c9c9c%11c%11c%12c%14c%12c%14c%15c%15c%16c4c4c%17c5c5c7c7c8c8c9c%11c%12c9c%14c%11c%15c4c5c%11c7c89)C%132)C13C6%10)=P(OC)(c1ccccc1)c1ccccc1. The Kier molecular flexibility index (Phi) is 3.57. The molecule has 0 amide bonds. The summed E-state index contributed by atoms with van der Waals surface area (Å²) in [5.74, 6) is -1.35. The van der Waals surface area contributed by atoms with Gasteiger partial charge < -0.3 is 14.0 Å². The van der Waals surface area contributed by atoms with E-state index in [2.05, 4.69) is 60.7 Å². The molecule has 6 heteroatoms. The molecule has 2 spiro atoms. The Labute approximate surface area is 468 Å². The molecule has 0 aliphatic heterocycles. The van der Waals surface area contributed by atoms with Crippen LogP contribution < -0.4 is 10.6 Å². The Morgan fingerprint density at radius 2 is 0.529 bits per heavy atom. The highest BCUT2D eigenvalue weighted by atomic mass is 31.2. The summed E-state index contributed by atoms with van der Waals surface area (Å²) in [5.41, 5.74) is 4.74. The van der Waals surface area contributed by atoms with Gasteiger partial charge in [0.15, 0.2) is 0 Å². The highest BCUT2D eigenvalue weighted by Gasteiger charge is 3.02. The predicted octanol–water partition coefficient (Wildman–Crippen LogP) is 17.6. The molecule has 7 aliphatic carbocycles. The largest absolute Gasteiger partial charge is 0.468 e. The molecule has 5 nitrogen and oxygen atoms in total.